The van der Waals surface area contributed by atoms with E-state index in [1.54, 1.807) is 12.4 Å². The lowest BCUT2D eigenvalue weighted by Crippen LogP contribution is -2.31. The van der Waals surface area contributed by atoms with Crippen molar-refractivity contribution in [2.45, 2.75) is 19.5 Å². The molecule has 15 heavy (non-hydrogen) atoms. The maximum Gasteiger partial charge on any atom is 0.147 e. The quantitative estimate of drug-likeness (QED) is 0.815. The minimum Gasteiger partial charge on any atom is -0.355 e. The van der Waals surface area contributed by atoms with E-state index in [2.05, 4.69) is 28.0 Å². The molecule has 1 unspecified atom stereocenters. The second-order valence-corrected chi connectivity index (χ2v) is 4.40. The molecule has 0 aromatic carbocycles. The van der Waals surface area contributed by atoms with Crippen molar-refractivity contribution in [3.63, 3.8) is 0 Å². The average molecular weight is 226 g/mol. The minimum absolute atomic E-state index is 0.436. The molecule has 1 heterocycles. The molecule has 0 aliphatic heterocycles. The molecule has 2 N–H and O–H groups in total. The van der Waals surface area contributed by atoms with E-state index in [0.717, 1.165) is 17.3 Å². The third-order valence-corrected chi connectivity index (χ3v) is 3.13. The third kappa shape index (κ3) is 3.35. The molecule has 0 fully saturated rings. The summed E-state index contributed by atoms with van der Waals surface area (Å²) in [5.74, 6) is 1.96. The van der Waals surface area contributed by atoms with Crippen LogP contribution in [0.5, 0.6) is 0 Å². The Balaban J connectivity index is 2.76. The Hall–Kier alpha value is -0.810. The Morgan fingerprint density at radius 3 is 2.87 bits per heavy atom. The predicted octanol–water partition coefficient (Wildman–Crippen LogP) is 1.12. The molecule has 0 amide bonds. The lowest BCUT2D eigenvalue weighted by molar-refractivity contribution is 0.745. The van der Waals surface area contributed by atoms with Crippen molar-refractivity contribution in [1.82, 2.24) is 9.97 Å². The van der Waals surface area contributed by atoms with Gasteiger partial charge in [0.25, 0.3) is 0 Å². The van der Waals surface area contributed by atoms with Gasteiger partial charge in [0.1, 0.15) is 5.82 Å². The number of rotatable bonds is 5. The van der Waals surface area contributed by atoms with E-state index in [4.69, 9.17) is 5.73 Å². The standard InChI is InChI=1S/C10H18N4S/c1-8(7-15-3)14(2)10-6-12-5-9(4-11)13-10/h5-6,8H,4,7,11H2,1-3H3. The van der Waals surface area contributed by atoms with E-state index in [1.165, 1.54) is 0 Å². The van der Waals surface area contributed by atoms with Crippen LogP contribution in [-0.2, 0) is 6.54 Å². The summed E-state index contributed by atoms with van der Waals surface area (Å²) in [7, 11) is 2.03. The monoisotopic (exact) mass is 226 g/mol. The fourth-order valence-electron chi connectivity index (χ4n) is 1.24. The van der Waals surface area contributed by atoms with Gasteiger partial charge >= 0.3 is 0 Å². The number of nitrogens with zero attached hydrogens (tertiary/aromatic N) is 3. The molecule has 84 valence electrons. The first-order valence-electron chi connectivity index (χ1n) is 4.91. The van der Waals surface area contributed by atoms with Gasteiger partial charge in [-0.05, 0) is 13.2 Å². The molecule has 1 rings (SSSR count). The van der Waals surface area contributed by atoms with Crippen LogP contribution in [0.1, 0.15) is 12.6 Å². The van der Waals surface area contributed by atoms with Crippen molar-refractivity contribution >= 4 is 17.6 Å². The highest BCUT2D eigenvalue weighted by Crippen LogP contribution is 2.13. The van der Waals surface area contributed by atoms with Crippen molar-refractivity contribution in [2.24, 2.45) is 5.73 Å². The number of hydrogen-bond donors (Lipinski definition) is 1. The summed E-state index contributed by atoms with van der Waals surface area (Å²) in [6.07, 6.45) is 5.58. The van der Waals surface area contributed by atoms with E-state index in [-0.39, 0.29) is 0 Å². The average Bonchev–Trinajstić information content (AvgIpc) is 2.28. The summed E-state index contributed by atoms with van der Waals surface area (Å²) in [6.45, 7) is 2.61. The summed E-state index contributed by atoms with van der Waals surface area (Å²) in [4.78, 5) is 10.7. The molecule has 0 radical (unpaired) electrons. The highest BCUT2D eigenvalue weighted by atomic mass is 32.2. The number of anilines is 1. The summed E-state index contributed by atoms with van der Waals surface area (Å²) in [5.41, 5.74) is 6.36. The second kappa shape index (κ2) is 5.92. The number of hydrogen-bond acceptors (Lipinski definition) is 5. The number of aromatic nitrogens is 2. The molecule has 1 atom stereocenters. The van der Waals surface area contributed by atoms with Crippen LogP contribution in [0, 0.1) is 0 Å². The Labute approximate surface area is 95.3 Å². The largest absolute Gasteiger partial charge is 0.355 e. The van der Waals surface area contributed by atoms with Crippen molar-refractivity contribution in [3.05, 3.63) is 18.1 Å². The first-order chi connectivity index (χ1) is 7.19. The van der Waals surface area contributed by atoms with Gasteiger partial charge in [-0.15, -0.1) is 0 Å². The van der Waals surface area contributed by atoms with E-state index < -0.39 is 0 Å². The maximum absolute atomic E-state index is 5.53. The van der Waals surface area contributed by atoms with Crippen LogP contribution < -0.4 is 10.6 Å². The zero-order valence-corrected chi connectivity index (χ0v) is 10.3. The molecule has 0 saturated carbocycles. The molecule has 1 aromatic rings. The van der Waals surface area contributed by atoms with Gasteiger partial charge in [0.05, 0.1) is 11.9 Å². The molecule has 4 nitrogen and oxygen atoms in total. The normalized spacial score (nSPS) is 12.5. The summed E-state index contributed by atoms with van der Waals surface area (Å²) in [6, 6.07) is 0.447. The molecular weight excluding hydrogens is 208 g/mol. The van der Waals surface area contributed by atoms with Gasteiger partial charge in [-0.3, -0.25) is 4.98 Å². The van der Waals surface area contributed by atoms with Crippen LogP contribution in [0.25, 0.3) is 0 Å². The Kier molecular flexibility index (Phi) is 4.84. The Morgan fingerprint density at radius 1 is 1.53 bits per heavy atom. The molecule has 0 aliphatic rings. The van der Waals surface area contributed by atoms with E-state index in [9.17, 15) is 0 Å². The zero-order valence-electron chi connectivity index (χ0n) is 9.47. The molecule has 0 aliphatic carbocycles. The van der Waals surface area contributed by atoms with Crippen LogP contribution in [0.2, 0.25) is 0 Å². The lowest BCUT2D eigenvalue weighted by Gasteiger charge is -2.25. The third-order valence-electron chi connectivity index (χ3n) is 2.31. The fraction of sp³-hybridized carbons (Fsp3) is 0.600. The topological polar surface area (TPSA) is 55.0 Å². The Morgan fingerprint density at radius 2 is 2.27 bits per heavy atom. The van der Waals surface area contributed by atoms with Gasteiger partial charge in [0.15, 0.2) is 0 Å². The van der Waals surface area contributed by atoms with Crippen molar-refractivity contribution in [2.75, 3.05) is 24.0 Å². The highest BCUT2D eigenvalue weighted by Gasteiger charge is 2.10. The van der Waals surface area contributed by atoms with Gasteiger partial charge in [0, 0.05) is 31.6 Å². The minimum atomic E-state index is 0.436. The fourth-order valence-corrected chi connectivity index (χ4v) is 1.95. The smallest absolute Gasteiger partial charge is 0.147 e. The summed E-state index contributed by atoms with van der Waals surface area (Å²) in [5, 5.41) is 0. The first kappa shape index (κ1) is 12.3. The van der Waals surface area contributed by atoms with Crippen molar-refractivity contribution < 1.29 is 0 Å². The van der Waals surface area contributed by atoms with Crippen LogP contribution in [0.15, 0.2) is 12.4 Å². The van der Waals surface area contributed by atoms with Gasteiger partial charge < -0.3 is 10.6 Å². The van der Waals surface area contributed by atoms with Gasteiger partial charge in [-0.1, -0.05) is 0 Å². The van der Waals surface area contributed by atoms with Crippen molar-refractivity contribution in [1.29, 1.82) is 0 Å². The molecule has 5 heteroatoms. The van der Waals surface area contributed by atoms with Crippen LogP contribution in [0.4, 0.5) is 5.82 Å². The van der Waals surface area contributed by atoms with Crippen LogP contribution in [-0.4, -0.2) is 35.1 Å². The summed E-state index contributed by atoms with van der Waals surface area (Å²) < 4.78 is 0. The number of thioether (sulfide) groups is 1. The zero-order chi connectivity index (χ0) is 11.3. The van der Waals surface area contributed by atoms with E-state index in [1.807, 2.05) is 18.8 Å². The van der Waals surface area contributed by atoms with E-state index in [0.29, 0.717) is 12.6 Å². The van der Waals surface area contributed by atoms with E-state index >= 15 is 0 Å². The molecule has 0 saturated heterocycles. The number of nitrogens with two attached hydrogens (primary N) is 1. The molecular formula is C10H18N4S. The summed E-state index contributed by atoms with van der Waals surface area (Å²) >= 11 is 1.83. The van der Waals surface area contributed by atoms with Crippen LogP contribution in [0.3, 0.4) is 0 Å². The molecule has 0 bridgehead atoms. The lowest BCUT2D eigenvalue weighted by atomic mass is 10.3. The Bertz CT molecular complexity index is 305. The highest BCUT2D eigenvalue weighted by molar-refractivity contribution is 7.98. The van der Waals surface area contributed by atoms with Gasteiger partial charge in [-0.2, -0.15) is 11.8 Å². The SMILES string of the molecule is CSCC(C)N(C)c1cncc(CN)n1. The first-order valence-corrected chi connectivity index (χ1v) is 6.31. The van der Waals surface area contributed by atoms with Crippen molar-refractivity contribution in [3.8, 4) is 0 Å². The van der Waals surface area contributed by atoms with Crippen LogP contribution >= 0.6 is 11.8 Å². The van der Waals surface area contributed by atoms with Gasteiger partial charge in [-0.25, -0.2) is 4.98 Å². The molecule has 1 aromatic heterocycles. The molecule has 0 spiro atoms. The second-order valence-electron chi connectivity index (χ2n) is 3.49. The predicted molar refractivity (Wildman–Crippen MR) is 66.2 cm³/mol. The maximum atomic E-state index is 5.53. The van der Waals surface area contributed by atoms with Gasteiger partial charge in [0.2, 0.25) is 0 Å².